The summed E-state index contributed by atoms with van der Waals surface area (Å²) >= 11 is 0. The van der Waals surface area contributed by atoms with Crippen LogP contribution in [0, 0.1) is 0 Å². The molecule has 0 N–H and O–H groups in total. The van der Waals surface area contributed by atoms with Crippen LogP contribution in [0.1, 0.15) is 43.6 Å². The fourth-order valence-electron chi connectivity index (χ4n) is 3.33. The predicted molar refractivity (Wildman–Crippen MR) is 82.9 cm³/mol. The normalized spacial score (nSPS) is 16.8. The summed E-state index contributed by atoms with van der Waals surface area (Å²) in [5.41, 5.74) is 5.45. The second kappa shape index (κ2) is 4.86. The smallest absolute Gasteiger partial charge is 0.0897 e. The highest BCUT2D eigenvalue weighted by molar-refractivity contribution is 5.86. The third-order valence-corrected chi connectivity index (χ3v) is 4.44. The van der Waals surface area contributed by atoms with Crippen molar-refractivity contribution in [3.63, 3.8) is 0 Å². The molecule has 4 rings (SSSR count). The third kappa shape index (κ3) is 2.05. The summed E-state index contributed by atoms with van der Waals surface area (Å²) in [6.45, 7) is 0. The van der Waals surface area contributed by atoms with Gasteiger partial charge in [0.05, 0.1) is 22.1 Å². The number of fused-ring (bicyclic) bond motifs is 2. The van der Waals surface area contributed by atoms with E-state index < -0.39 is 0 Å². The molecule has 0 bridgehead atoms. The minimum absolute atomic E-state index is 0.724. The van der Waals surface area contributed by atoms with Crippen LogP contribution in [0.5, 0.6) is 0 Å². The first-order valence-corrected chi connectivity index (χ1v) is 7.56. The Kier molecular flexibility index (Phi) is 2.87. The summed E-state index contributed by atoms with van der Waals surface area (Å²) in [7, 11) is 0. The molecule has 0 radical (unpaired) electrons. The summed E-state index contributed by atoms with van der Waals surface area (Å²) in [5.74, 6) is 0.724. The monoisotopic (exact) mass is 262 g/mol. The molecule has 0 spiro atoms. The van der Waals surface area contributed by atoms with Crippen LogP contribution < -0.4 is 0 Å². The number of hydrogen-bond donors (Lipinski definition) is 0. The molecule has 1 saturated carbocycles. The van der Waals surface area contributed by atoms with E-state index in [9.17, 15) is 0 Å². The zero-order valence-electron chi connectivity index (χ0n) is 11.5. The third-order valence-electron chi connectivity index (χ3n) is 4.44. The zero-order chi connectivity index (χ0) is 13.4. The van der Waals surface area contributed by atoms with Crippen molar-refractivity contribution in [1.29, 1.82) is 0 Å². The summed E-state index contributed by atoms with van der Waals surface area (Å²) < 4.78 is 0. The van der Waals surface area contributed by atoms with Crippen LogP contribution in [-0.2, 0) is 0 Å². The van der Waals surface area contributed by atoms with Crippen LogP contribution in [0.15, 0.2) is 42.5 Å². The average molecular weight is 262 g/mol. The van der Waals surface area contributed by atoms with E-state index in [-0.39, 0.29) is 0 Å². The summed E-state index contributed by atoms with van der Waals surface area (Å²) in [5, 5.41) is 0. The van der Waals surface area contributed by atoms with Gasteiger partial charge in [-0.1, -0.05) is 37.5 Å². The number of rotatable bonds is 1. The number of benzene rings is 2. The number of aromatic nitrogens is 2. The molecule has 0 saturated heterocycles. The lowest BCUT2D eigenvalue weighted by molar-refractivity contribution is 0.444. The molecule has 1 fully saturated rings. The molecule has 1 heterocycles. The second-order valence-corrected chi connectivity index (χ2v) is 5.80. The molecule has 20 heavy (non-hydrogen) atoms. The van der Waals surface area contributed by atoms with Crippen molar-refractivity contribution < 1.29 is 0 Å². The lowest BCUT2D eigenvalue weighted by Crippen LogP contribution is -2.04. The predicted octanol–water partition coefficient (Wildman–Crippen LogP) is 4.83. The van der Waals surface area contributed by atoms with Gasteiger partial charge in [-0.15, -0.1) is 0 Å². The van der Waals surface area contributed by atoms with Gasteiger partial charge in [0.25, 0.3) is 0 Å². The maximum Gasteiger partial charge on any atom is 0.0897 e. The Labute approximate surface area is 118 Å². The summed E-state index contributed by atoms with van der Waals surface area (Å²) in [4.78, 5) is 9.47. The van der Waals surface area contributed by atoms with Gasteiger partial charge in [-0.05, 0) is 48.6 Å². The van der Waals surface area contributed by atoms with Crippen molar-refractivity contribution in [2.24, 2.45) is 0 Å². The first-order chi connectivity index (χ1) is 9.90. The largest absolute Gasteiger partial charge is 0.245 e. The van der Waals surface area contributed by atoms with Crippen molar-refractivity contribution in [3.05, 3.63) is 48.0 Å². The van der Waals surface area contributed by atoms with E-state index in [1.807, 2.05) is 24.3 Å². The average Bonchev–Trinajstić information content (AvgIpc) is 2.53. The Morgan fingerprint density at radius 1 is 0.700 bits per heavy atom. The van der Waals surface area contributed by atoms with E-state index in [0.29, 0.717) is 0 Å². The van der Waals surface area contributed by atoms with Crippen molar-refractivity contribution in [2.75, 3.05) is 0 Å². The maximum atomic E-state index is 4.77. The molecular weight excluding hydrogens is 244 g/mol. The van der Waals surface area contributed by atoms with Gasteiger partial charge in [-0.2, -0.15) is 0 Å². The first-order valence-electron chi connectivity index (χ1n) is 7.56. The highest BCUT2D eigenvalue weighted by Crippen LogP contribution is 2.33. The van der Waals surface area contributed by atoms with Crippen LogP contribution in [0.3, 0.4) is 0 Å². The Morgan fingerprint density at radius 2 is 1.35 bits per heavy atom. The number of para-hydroxylation sites is 2. The summed E-state index contributed by atoms with van der Waals surface area (Å²) in [6, 6.07) is 14.7. The van der Waals surface area contributed by atoms with Gasteiger partial charge in [-0.3, -0.25) is 0 Å². The van der Waals surface area contributed by atoms with Crippen LogP contribution in [0.2, 0.25) is 0 Å². The van der Waals surface area contributed by atoms with E-state index in [4.69, 9.17) is 9.97 Å². The van der Waals surface area contributed by atoms with Crippen LogP contribution in [0.4, 0.5) is 0 Å². The Balaban J connectivity index is 1.83. The standard InChI is InChI=1S/C18H18N2/c1-2-6-13(7-3-1)14-10-11-17-18(12-14)20-16-9-5-4-8-15(16)19-17/h4-5,8-13H,1-3,6-7H2. The van der Waals surface area contributed by atoms with Crippen molar-refractivity contribution in [2.45, 2.75) is 38.0 Å². The maximum absolute atomic E-state index is 4.77. The van der Waals surface area contributed by atoms with Crippen LogP contribution in [-0.4, -0.2) is 9.97 Å². The fourth-order valence-corrected chi connectivity index (χ4v) is 3.33. The molecule has 1 aliphatic rings. The van der Waals surface area contributed by atoms with Gasteiger partial charge in [0, 0.05) is 0 Å². The zero-order valence-corrected chi connectivity index (χ0v) is 11.5. The molecule has 0 atom stereocenters. The second-order valence-electron chi connectivity index (χ2n) is 5.80. The van der Waals surface area contributed by atoms with Crippen LogP contribution >= 0.6 is 0 Å². The van der Waals surface area contributed by atoms with Gasteiger partial charge >= 0.3 is 0 Å². The van der Waals surface area contributed by atoms with Crippen molar-refractivity contribution >= 4 is 22.1 Å². The first kappa shape index (κ1) is 11.8. The number of nitrogens with zero attached hydrogens (tertiary/aromatic N) is 2. The SMILES string of the molecule is c1ccc2nc3cc(C4CCCCC4)ccc3nc2c1. The lowest BCUT2D eigenvalue weighted by atomic mass is 9.84. The molecule has 0 unspecified atom stereocenters. The van der Waals surface area contributed by atoms with Gasteiger partial charge in [0.2, 0.25) is 0 Å². The molecular formula is C18H18N2. The van der Waals surface area contributed by atoms with E-state index >= 15 is 0 Å². The molecule has 1 aromatic heterocycles. The molecule has 0 amide bonds. The molecule has 0 aliphatic heterocycles. The minimum Gasteiger partial charge on any atom is -0.245 e. The summed E-state index contributed by atoms with van der Waals surface area (Å²) in [6.07, 6.45) is 6.78. The van der Waals surface area contributed by atoms with E-state index in [1.54, 1.807) is 0 Å². The Hall–Kier alpha value is -1.96. The molecule has 100 valence electrons. The Morgan fingerprint density at radius 3 is 2.10 bits per heavy atom. The van der Waals surface area contributed by atoms with Gasteiger partial charge < -0.3 is 0 Å². The fraction of sp³-hybridized carbons (Fsp3) is 0.333. The van der Waals surface area contributed by atoms with Gasteiger partial charge in [-0.25, -0.2) is 9.97 Å². The van der Waals surface area contributed by atoms with Crippen LogP contribution in [0.25, 0.3) is 22.1 Å². The van der Waals surface area contributed by atoms with E-state index in [2.05, 4.69) is 18.2 Å². The highest BCUT2D eigenvalue weighted by atomic mass is 14.8. The van der Waals surface area contributed by atoms with E-state index in [0.717, 1.165) is 28.0 Å². The number of hydrogen-bond acceptors (Lipinski definition) is 2. The molecule has 2 heteroatoms. The topological polar surface area (TPSA) is 25.8 Å². The van der Waals surface area contributed by atoms with E-state index in [1.165, 1.54) is 37.7 Å². The van der Waals surface area contributed by atoms with Gasteiger partial charge in [0.1, 0.15) is 0 Å². The van der Waals surface area contributed by atoms with Gasteiger partial charge in [0.15, 0.2) is 0 Å². The molecule has 2 nitrogen and oxygen atoms in total. The lowest BCUT2D eigenvalue weighted by Gasteiger charge is -2.22. The Bertz CT molecular complexity index is 758. The highest BCUT2D eigenvalue weighted by Gasteiger charge is 2.16. The van der Waals surface area contributed by atoms with Crippen molar-refractivity contribution in [3.8, 4) is 0 Å². The molecule has 2 aromatic carbocycles. The van der Waals surface area contributed by atoms with Crippen molar-refractivity contribution in [1.82, 2.24) is 9.97 Å². The molecule has 1 aliphatic carbocycles. The minimum atomic E-state index is 0.724. The molecule has 3 aromatic rings. The quantitative estimate of drug-likeness (QED) is 0.587.